The number of carbonyl (C=O) groups excluding carboxylic acids is 1. The van der Waals surface area contributed by atoms with Crippen LogP contribution in [0.3, 0.4) is 0 Å². The Morgan fingerprint density at radius 3 is 2.14 bits per heavy atom. The van der Waals surface area contributed by atoms with Gasteiger partial charge in [0.1, 0.15) is 6.29 Å². The lowest BCUT2D eigenvalue weighted by molar-refractivity contribution is -0.108. The van der Waals surface area contributed by atoms with Gasteiger partial charge in [-0.1, -0.05) is 41.9 Å². The van der Waals surface area contributed by atoms with E-state index in [9.17, 15) is 13.2 Å². The van der Waals surface area contributed by atoms with Crippen LogP contribution in [0.1, 0.15) is 11.5 Å². The van der Waals surface area contributed by atoms with E-state index < -0.39 is 21.0 Å². The van der Waals surface area contributed by atoms with E-state index in [1.807, 2.05) is 0 Å². The largest absolute Gasteiger partial charge is 0.303 e. The average Bonchev–Trinajstić information content (AvgIpc) is 3.24. The van der Waals surface area contributed by atoms with E-state index >= 15 is 0 Å². The van der Waals surface area contributed by atoms with E-state index in [1.54, 1.807) is 54.6 Å². The number of hydrogen-bond donors (Lipinski definition) is 0. The third kappa shape index (κ3) is 2.49. The molecule has 0 aromatic heterocycles. The maximum atomic E-state index is 12.6. The Bertz CT molecular complexity index is 754. The van der Waals surface area contributed by atoms with Crippen LogP contribution in [-0.4, -0.2) is 20.0 Å². The average molecular weight is 321 g/mol. The summed E-state index contributed by atoms with van der Waals surface area (Å²) in [7, 11) is -3.50. The first-order valence-corrected chi connectivity index (χ1v) is 8.48. The fourth-order valence-electron chi connectivity index (χ4n) is 2.73. The van der Waals surface area contributed by atoms with Gasteiger partial charge < -0.3 is 4.79 Å². The highest BCUT2D eigenvalue weighted by molar-refractivity contribution is 7.92. The molecule has 1 saturated carbocycles. The van der Waals surface area contributed by atoms with Gasteiger partial charge in [-0.05, 0) is 29.8 Å². The normalized spacial score (nSPS) is 24.5. The lowest BCUT2D eigenvalue weighted by atomic mass is 10.1. The first-order valence-electron chi connectivity index (χ1n) is 6.55. The summed E-state index contributed by atoms with van der Waals surface area (Å²) in [4.78, 5) is 11.5. The quantitative estimate of drug-likeness (QED) is 0.813. The Hall–Kier alpha value is -1.65. The molecule has 21 heavy (non-hydrogen) atoms. The van der Waals surface area contributed by atoms with Crippen molar-refractivity contribution in [2.24, 2.45) is 5.92 Å². The second kappa shape index (κ2) is 5.28. The van der Waals surface area contributed by atoms with E-state index in [4.69, 9.17) is 11.6 Å². The smallest absolute Gasteiger partial charge is 0.182 e. The van der Waals surface area contributed by atoms with E-state index in [0.717, 1.165) is 11.8 Å². The van der Waals surface area contributed by atoms with Crippen molar-refractivity contribution in [3.8, 4) is 0 Å². The van der Waals surface area contributed by atoms with Crippen LogP contribution in [0.15, 0.2) is 59.5 Å². The minimum Gasteiger partial charge on any atom is -0.303 e. The number of aldehydes is 1. The van der Waals surface area contributed by atoms with Crippen LogP contribution in [-0.2, 0) is 14.6 Å². The van der Waals surface area contributed by atoms with Crippen molar-refractivity contribution in [1.29, 1.82) is 0 Å². The van der Waals surface area contributed by atoms with Crippen LogP contribution in [0, 0.1) is 5.92 Å². The zero-order chi connectivity index (χ0) is 15.0. The lowest BCUT2D eigenvalue weighted by Crippen LogP contribution is -2.10. The van der Waals surface area contributed by atoms with Gasteiger partial charge in [-0.15, -0.1) is 0 Å². The molecule has 0 radical (unpaired) electrons. The third-order valence-electron chi connectivity index (χ3n) is 3.85. The summed E-state index contributed by atoms with van der Waals surface area (Å²) >= 11 is 5.84. The van der Waals surface area contributed by atoms with Gasteiger partial charge in [0, 0.05) is 16.9 Å². The highest BCUT2D eigenvalue weighted by Crippen LogP contribution is 2.52. The van der Waals surface area contributed by atoms with Crippen molar-refractivity contribution < 1.29 is 13.2 Å². The highest BCUT2D eigenvalue weighted by atomic mass is 35.5. The molecule has 1 fully saturated rings. The molecule has 0 heterocycles. The van der Waals surface area contributed by atoms with Gasteiger partial charge in [0.2, 0.25) is 0 Å². The van der Waals surface area contributed by atoms with Crippen LogP contribution in [0.25, 0.3) is 0 Å². The predicted molar refractivity (Wildman–Crippen MR) is 81.2 cm³/mol. The summed E-state index contributed by atoms with van der Waals surface area (Å²) in [5.74, 6) is -0.777. The molecule has 0 saturated heterocycles. The van der Waals surface area contributed by atoms with Crippen molar-refractivity contribution in [3.05, 3.63) is 65.2 Å². The summed E-state index contributed by atoms with van der Waals surface area (Å²) in [6, 6.07) is 15.2. The molecule has 3 atom stereocenters. The number of halogens is 1. The number of carbonyl (C=O) groups is 1. The molecular formula is C16H13ClO3S. The Balaban J connectivity index is 1.96. The Labute approximate surface area is 128 Å². The fourth-order valence-corrected chi connectivity index (χ4v) is 4.99. The maximum Gasteiger partial charge on any atom is 0.182 e. The molecule has 0 bridgehead atoms. The van der Waals surface area contributed by atoms with Gasteiger partial charge >= 0.3 is 0 Å². The second-order valence-corrected chi connectivity index (χ2v) is 7.66. The SMILES string of the molecule is O=C[C@@H]1[C@H](c2ccc(Cl)cc2)[C@H]1S(=O)(=O)c1ccccc1. The molecule has 0 spiro atoms. The highest BCUT2D eigenvalue weighted by Gasteiger charge is 2.58. The summed E-state index contributed by atoms with van der Waals surface area (Å²) in [6.45, 7) is 0. The summed E-state index contributed by atoms with van der Waals surface area (Å²) in [5, 5.41) is -0.0944. The Kier molecular flexibility index (Phi) is 3.59. The van der Waals surface area contributed by atoms with Crippen LogP contribution in [0.4, 0.5) is 0 Å². The summed E-state index contributed by atoms with van der Waals surface area (Å²) in [5.41, 5.74) is 0.834. The Morgan fingerprint density at radius 2 is 1.57 bits per heavy atom. The first-order chi connectivity index (χ1) is 10.1. The van der Waals surface area contributed by atoms with Crippen LogP contribution in [0.2, 0.25) is 5.02 Å². The molecule has 1 aliphatic rings. The van der Waals surface area contributed by atoms with E-state index in [2.05, 4.69) is 0 Å². The standard InChI is InChI=1S/C16H13ClO3S/c17-12-8-6-11(7-9-12)15-14(10-18)16(15)21(19,20)13-4-2-1-3-5-13/h1-10,14-16H/t14-,15+,16+/m1/s1. The summed E-state index contributed by atoms with van der Waals surface area (Å²) < 4.78 is 25.3. The zero-order valence-electron chi connectivity index (χ0n) is 11.0. The van der Waals surface area contributed by atoms with E-state index in [1.165, 1.54) is 0 Å². The molecule has 2 aromatic rings. The van der Waals surface area contributed by atoms with Crippen molar-refractivity contribution in [2.45, 2.75) is 16.1 Å². The molecule has 2 aromatic carbocycles. The van der Waals surface area contributed by atoms with Gasteiger partial charge in [0.15, 0.2) is 9.84 Å². The molecule has 0 amide bonds. The third-order valence-corrected chi connectivity index (χ3v) is 6.35. The van der Waals surface area contributed by atoms with Crippen molar-refractivity contribution in [3.63, 3.8) is 0 Å². The molecule has 108 valence electrons. The Morgan fingerprint density at radius 1 is 0.952 bits per heavy atom. The number of sulfone groups is 1. The number of hydrogen-bond acceptors (Lipinski definition) is 3. The van der Waals surface area contributed by atoms with Crippen LogP contribution < -0.4 is 0 Å². The molecular weight excluding hydrogens is 308 g/mol. The maximum absolute atomic E-state index is 12.6. The first kappa shape index (κ1) is 14.3. The molecule has 5 heteroatoms. The number of benzene rings is 2. The second-order valence-electron chi connectivity index (χ2n) is 5.11. The van der Waals surface area contributed by atoms with Gasteiger partial charge in [0.25, 0.3) is 0 Å². The fraction of sp³-hybridized carbons (Fsp3) is 0.188. The molecule has 0 unspecified atom stereocenters. The van der Waals surface area contributed by atoms with Gasteiger partial charge in [-0.2, -0.15) is 0 Å². The molecule has 3 nitrogen and oxygen atoms in total. The monoisotopic (exact) mass is 320 g/mol. The minimum absolute atomic E-state index is 0.262. The van der Waals surface area contributed by atoms with Crippen molar-refractivity contribution >= 4 is 27.7 Å². The van der Waals surface area contributed by atoms with Crippen LogP contribution in [0.5, 0.6) is 0 Å². The molecule has 0 N–H and O–H groups in total. The van der Waals surface area contributed by atoms with Gasteiger partial charge in [-0.3, -0.25) is 0 Å². The molecule has 3 rings (SSSR count). The molecule has 0 aliphatic heterocycles. The van der Waals surface area contributed by atoms with Crippen LogP contribution >= 0.6 is 11.6 Å². The van der Waals surface area contributed by atoms with Crippen molar-refractivity contribution in [1.82, 2.24) is 0 Å². The van der Waals surface area contributed by atoms with Gasteiger partial charge in [0.05, 0.1) is 10.1 Å². The van der Waals surface area contributed by atoms with Gasteiger partial charge in [-0.25, -0.2) is 8.42 Å². The summed E-state index contributed by atoms with van der Waals surface area (Å²) in [6.07, 6.45) is 0.741. The van der Waals surface area contributed by atoms with E-state index in [-0.39, 0.29) is 10.8 Å². The topological polar surface area (TPSA) is 51.2 Å². The molecule has 1 aliphatic carbocycles. The zero-order valence-corrected chi connectivity index (χ0v) is 12.6. The van der Waals surface area contributed by atoms with Crippen molar-refractivity contribution in [2.75, 3.05) is 0 Å². The lowest BCUT2D eigenvalue weighted by Gasteiger charge is -2.04. The van der Waals surface area contributed by atoms with E-state index in [0.29, 0.717) is 5.02 Å². The predicted octanol–water partition coefficient (Wildman–Crippen LogP) is 3.09. The minimum atomic E-state index is -3.50. The number of rotatable bonds is 4.